The maximum atomic E-state index is 13.7. The van der Waals surface area contributed by atoms with E-state index in [-0.39, 0.29) is 5.82 Å². The van der Waals surface area contributed by atoms with Crippen LogP contribution in [0.15, 0.2) is 41.1 Å². The van der Waals surface area contributed by atoms with Gasteiger partial charge in [-0.15, -0.1) is 0 Å². The zero-order valence-electron chi connectivity index (χ0n) is 15.7. The summed E-state index contributed by atoms with van der Waals surface area (Å²) in [7, 11) is 1.59. The molecule has 4 aromatic rings. The molecule has 4 rings (SSSR count). The van der Waals surface area contributed by atoms with Gasteiger partial charge in [-0.05, 0) is 56.7 Å². The molecule has 5 nitrogen and oxygen atoms in total. The molecular formula is C21H20FN3O2. The first-order chi connectivity index (χ1) is 13.0. The molecule has 0 unspecified atom stereocenters. The Hall–Kier alpha value is -3.15. The molecule has 0 N–H and O–H groups in total. The second-order valence-electron chi connectivity index (χ2n) is 6.62. The lowest BCUT2D eigenvalue weighted by Gasteiger charge is -2.07. The number of aryl methyl sites for hydroxylation is 3. The molecule has 1 aromatic carbocycles. The molecule has 3 aromatic heterocycles. The van der Waals surface area contributed by atoms with Crippen molar-refractivity contribution in [1.82, 2.24) is 14.5 Å². The molecule has 0 fully saturated rings. The highest BCUT2D eigenvalue weighted by molar-refractivity contribution is 5.71. The van der Waals surface area contributed by atoms with Crippen LogP contribution in [-0.2, 0) is 6.42 Å². The van der Waals surface area contributed by atoms with Crippen LogP contribution in [0, 0.1) is 26.6 Å². The van der Waals surface area contributed by atoms with Crippen molar-refractivity contribution in [3.8, 4) is 16.9 Å². The van der Waals surface area contributed by atoms with Crippen molar-refractivity contribution in [2.45, 2.75) is 27.2 Å². The van der Waals surface area contributed by atoms with Gasteiger partial charge in [0.05, 0.1) is 18.5 Å². The number of benzene rings is 1. The van der Waals surface area contributed by atoms with Gasteiger partial charge in [-0.1, -0.05) is 5.16 Å². The number of halogens is 1. The average molecular weight is 365 g/mol. The summed E-state index contributed by atoms with van der Waals surface area (Å²) in [5, 5.41) is 4.03. The predicted molar refractivity (Wildman–Crippen MR) is 101 cm³/mol. The van der Waals surface area contributed by atoms with E-state index in [9.17, 15) is 4.39 Å². The minimum absolute atomic E-state index is 0.284. The van der Waals surface area contributed by atoms with Crippen LogP contribution < -0.4 is 4.74 Å². The Bertz CT molecular complexity index is 1120. The van der Waals surface area contributed by atoms with Gasteiger partial charge in [-0.25, -0.2) is 9.37 Å². The van der Waals surface area contributed by atoms with Crippen molar-refractivity contribution in [3.63, 3.8) is 0 Å². The number of aromatic nitrogens is 3. The van der Waals surface area contributed by atoms with E-state index in [1.54, 1.807) is 13.2 Å². The molecule has 138 valence electrons. The summed E-state index contributed by atoms with van der Waals surface area (Å²) in [6, 6.07) is 8.59. The van der Waals surface area contributed by atoms with Gasteiger partial charge < -0.3 is 13.7 Å². The van der Waals surface area contributed by atoms with Crippen molar-refractivity contribution in [2.75, 3.05) is 7.11 Å². The van der Waals surface area contributed by atoms with Crippen LogP contribution in [0.1, 0.15) is 28.4 Å². The number of ether oxygens (including phenoxy) is 1. The first-order valence-corrected chi connectivity index (χ1v) is 8.71. The number of pyridine rings is 1. The van der Waals surface area contributed by atoms with E-state index in [4.69, 9.17) is 14.2 Å². The molecule has 0 aliphatic heterocycles. The summed E-state index contributed by atoms with van der Waals surface area (Å²) in [4.78, 5) is 4.78. The summed E-state index contributed by atoms with van der Waals surface area (Å²) in [6.07, 6.45) is 2.49. The maximum Gasteiger partial charge on any atom is 0.141 e. The lowest BCUT2D eigenvalue weighted by molar-refractivity contribution is 0.393. The first kappa shape index (κ1) is 17.3. The standard InChI is InChI=1S/C21H20FN3O2/c1-12-21(14(3)27-24-12)15-7-8-25-13(2)18(23-20(25)11-15)10-16-9-17(22)5-6-19(16)26-4/h5-9,11H,10H2,1-4H3. The quantitative estimate of drug-likeness (QED) is 0.528. The molecule has 0 saturated heterocycles. The molecule has 27 heavy (non-hydrogen) atoms. The van der Waals surface area contributed by atoms with Crippen LogP contribution in [0.3, 0.4) is 0 Å². The molecule has 0 atom stereocenters. The molecular weight excluding hydrogens is 345 g/mol. The van der Waals surface area contributed by atoms with Gasteiger partial charge in [0, 0.05) is 29.4 Å². The molecule has 0 saturated carbocycles. The number of hydrogen-bond acceptors (Lipinski definition) is 4. The van der Waals surface area contributed by atoms with Gasteiger partial charge >= 0.3 is 0 Å². The van der Waals surface area contributed by atoms with E-state index in [1.807, 2.05) is 43.5 Å². The predicted octanol–water partition coefficient (Wildman–Crippen LogP) is 4.65. The fourth-order valence-electron chi connectivity index (χ4n) is 3.50. The summed E-state index contributed by atoms with van der Waals surface area (Å²) in [5.74, 6) is 1.15. The Kier molecular flexibility index (Phi) is 4.18. The van der Waals surface area contributed by atoms with E-state index < -0.39 is 0 Å². The van der Waals surface area contributed by atoms with Crippen LogP contribution in [-0.4, -0.2) is 21.7 Å². The van der Waals surface area contributed by atoms with Gasteiger partial charge in [0.1, 0.15) is 23.0 Å². The van der Waals surface area contributed by atoms with E-state index in [0.717, 1.165) is 45.2 Å². The highest BCUT2D eigenvalue weighted by Crippen LogP contribution is 2.29. The Morgan fingerprint density at radius 3 is 2.67 bits per heavy atom. The summed E-state index contributed by atoms with van der Waals surface area (Å²) in [6.45, 7) is 5.84. The van der Waals surface area contributed by atoms with Crippen LogP contribution in [0.4, 0.5) is 4.39 Å². The number of methoxy groups -OCH3 is 1. The summed E-state index contributed by atoms with van der Waals surface area (Å²) < 4.78 is 26.4. The molecule has 0 bridgehead atoms. The Morgan fingerprint density at radius 1 is 1.15 bits per heavy atom. The minimum atomic E-state index is -0.284. The van der Waals surface area contributed by atoms with Gasteiger partial charge in [0.2, 0.25) is 0 Å². The molecule has 0 amide bonds. The number of fused-ring (bicyclic) bond motifs is 1. The molecule has 0 aliphatic carbocycles. The molecule has 0 radical (unpaired) electrons. The fourth-order valence-corrected chi connectivity index (χ4v) is 3.50. The van der Waals surface area contributed by atoms with E-state index >= 15 is 0 Å². The zero-order chi connectivity index (χ0) is 19.1. The third-order valence-corrected chi connectivity index (χ3v) is 4.89. The van der Waals surface area contributed by atoms with Crippen LogP contribution in [0.5, 0.6) is 5.75 Å². The van der Waals surface area contributed by atoms with Gasteiger partial charge in [0.25, 0.3) is 0 Å². The second-order valence-corrected chi connectivity index (χ2v) is 6.62. The molecule has 3 heterocycles. The SMILES string of the molecule is COc1ccc(F)cc1Cc1nc2cc(-c3c(C)noc3C)ccn2c1C. The minimum Gasteiger partial charge on any atom is -0.496 e. The van der Waals surface area contributed by atoms with E-state index in [2.05, 4.69) is 5.16 Å². The van der Waals surface area contributed by atoms with Gasteiger partial charge in [-0.3, -0.25) is 0 Å². The van der Waals surface area contributed by atoms with Gasteiger partial charge in [0.15, 0.2) is 0 Å². The first-order valence-electron chi connectivity index (χ1n) is 8.71. The molecule has 0 spiro atoms. The van der Waals surface area contributed by atoms with Crippen molar-refractivity contribution in [1.29, 1.82) is 0 Å². The maximum absolute atomic E-state index is 13.7. The zero-order valence-corrected chi connectivity index (χ0v) is 15.7. The number of rotatable bonds is 4. The van der Waals surface area contributed by atoms with Crippen molar-refractivity contribution >= 4 is 5.65 Å². The highest BCUT2D eigenvalue weighted by Gasteiger charge is 2.16. The Labute approximate surface area is 156 Å². The Balaban J connectivity index is 1.78. The lowest BCUT2D eigenvalue weighted by atomic mass is 10.1. The van der Waals surface area contributed by atoms with Crippen molar-refractivity contribution < 1.29 is 13.7 Å². The van der Waals surface area contributed by atoms with Crippen LogP contribution in [0.2, 0.25) is 0 Å². The Morgan fingerprint density at radius 2 is 1.96 bits per heavy atom. The highest BCUT2D eigenvalue weighted by atomic mass is 19.1. The second kappa shape index (κ2) is 6.54. The summed E-state index contributed by atoms with van der Waals surface area (Å²) in [5.41, 5.74) is 6.36. The largest absolute Gasteiger partial charge is 0.496 e. The third kappa shape index (κ3) is 2.97. The van der Waals surface area contributed by atoms with Crippen molar-refractivity contribution in [2.24, 2.45) is 0 Å². The summed E-state index contributed by atoms with van der Waals surface area (Å²) >= 11 is 0. The normalized spacial score (nSPS) is 11.3. The van der Waals surface area contributed by atoms with Gasteiger partial charge in [-0.2, -0.15) is 0 Å². The number of imidazole rings is 1. The smallest absolute Gasteiger partial charge is 0.141 e. The molecule has 0 aliphatic rings. The number of nitrogens with zero attached hydrogens (tertiary/aromatic N) is 3. The van der Waals surface area contributed by atoms with Crippen LogP contribution >= 0.6 is 0 Å². The average Bonchev–Trinajstić information content (AvgIpc) is 3.14. The lowest BCUT2D eigenvalue weighted by Crippen LogP contribution is -1.97. The third-order valence-electron chi connectivity index (χ3n) is 4.89. The fraction of sp³-hybridized carbons (Fsp3) is 0.238. The topological polar surface area (TPSA) is 52.6 Å². The van der Waals surface area contributed by atoms with Crippen LogP contribution in [0.25, 0.3) is 16.8 Å². The monoisotopic (exact) mass is 365 g/mol. The van der Waals surface area contributed by atoms with E-state index in [1.165, 1.54) is 12.1 Å². The number of hydrogen-bond donors (Lipinski definition) is 0. The van der Waals surface area contributed by atoms with E-state index in [0.29, 0.717) is 12.2 Å². The molecule has 6 heteroatoms. The van der Waals surface area contributed by atoms with Crippen molar-refractivity contribution in [3.05, 3.63) is 70.8 Å².